The molecule has 0 bridgehead atoms. The molecular formula is C14H18BrN3O3. The Morgan fingerprint density at radius 3 is 2.57 bits per heavy atom. The molecule has 7 heteroatoms. The second-order valence-corrected chi connectivity index (χ2v) is 6.15. The van der Waals surface area contributed by atoms with Crippen LogP contribution in [0.3, 0.4) is 0 Å². The van der Waals surface area contributed by atoms with Crippen LogP contribution >= 0.6 is 15.9 Å². The van der Waals surface area contributed by atoms with E-state index in [-0.39, 0.29) is 22.6 Å². The third-order valence-corrected chi connectivity index (χ3v) is 4.44. The van der Waals surface area contributed by atoms with Gasteiger partial charge in [-0.1, -0.05) is 0 Å². The average molecular weight is 356 g/mol. The van der Waals surface area contributed by atoms with Gasteiger partial charge >= 0.3 is 0 Å². The minimum atomic E-state index is -0.370. The number of nitro groups is 1. The van der Waals surface area contributed by atoms with Crippen molar-refractivity contribution < 1.29 is 9.72 Å². The van der Waals surface area contributed by atoms with Crippen molar-refractivity contribution in [1.82, 2.24) is 4.90 Å². The molecule has 114 valence electrons. The fourth-order valence-corrected chi connectivity index (χ4v) is 3.10. The van der Waals surface area contributed by atoms with Gasteiger partial charge in [-0.15, -0.1) is 0 Å². The van der Waals surface area contributed by atoms with E-state index in [1.807, 2.05) is 4.90 Å². The van der Waals surface area contributed by atoms with Crippen LogP contribution in [0.25, 0.3) is 0 Å². The molecule has 0 saturated carbocycles. The largest absolute Gasteiger partial charge is 0.381 e. The summed E-state index contributed by atoms with van der Waals surface area (Å²) in [5, 5.41) is 14.4. The summed E-state index contributed by atoms with van der Waals surface area (Å²) in [6, 6.07) is 3.54. The van der Waals surface area contributed by atoms with Gasteiger partial charge in [0.15, 0.2) is 0 Å². The molecule has 6 nitrogen and oxygen atoms in total. The van der Waals surface area contributed by atoms with Crippen molar-refractivity contribution >= 4 is 33.2 Å². The topological polar surface area (TPSA) is 75.5 Å². The first kappa shape index (κ1) is 15.8. The molecular weight excluding hydrogens is 338 g/mol. The number of aryl methyl sites for hydroxylation is 1. The number of nitrogens with one attached hydrogen (secondary N) is 1. The van der Waals surface area contributed by atoms with Gasteiger partial charge in [0.25, 0.3) is 5.69 Å². The lowest BCUT2D eigenvalue weighted by Gasteiger charge is -2.32. The highest BCUT2D eigenvalue weighted by molar-refractivity contribution is 9.10. The lowest BCUT2D eigenvalue weighted by atomic mass is 10.0. The summed E-state index contributed by atoms with van der Waals surface area (Å²) < 4.78 is 0.819. The Morgan fingerprint density at radius 1 is 1.43 bits per heavy atom. The highest BCUT2D eigenvalue weighted by Gasteiger charge is 2.22. The van der Waals surface area contributed by atoms with Gasteiger partial charge in [0.1, 0.15) is 0 Å². The molecule has 0 atom stereocenters. The Hall–Kier alpha value is -1.63. The average Bonchev–Trinajstić information content (AvgIpc) is 2.42. The molecule has 0 radical (unpaired) electrons. The van der Waals surface area contributed by atoms with Crippen LogP contribution in [0, 0.1) is 17.0 Å². The summed E-state index contributed by atoms with van der Waals surface area (Å²) in [5.41, 5.74) is 1.47. The van der Waals surface area contributed by atoms with Crippen molar-refractivity contribution in [2.45, 2.75) is 32.7 Å². The zero-order valence-electron chi connectivity index (χ0n) is 12.1. The van der Waals surface area contributed by atoms with Crippen LogP contribution in [0.4, 0.5) is 11.4 Å². The summed E-state index contributed by atoms with van der Waals surface area (Å²) in [7, 11) is 0. The summed E-state index contributed by atoms with van der Waals surface area (Å²) in [6.07, 6.45) is 1.68. The summed E-state index contributed by atoms with van der Waals surface area (Å²) >= 11 is 3.44. The Morgan fingerprint density at radius 2 is 2.05 bits per heavy atom. The Balaban J connectivity index is 2.08. The second kappa shape index (κ2) is 6.43. The highest BCUT2D eigenvalue weighted by Crippen LogP contribution is 2.32. The van der Waals surface area contributed by atoms with Crippen LogP contribution in [0.5, 0.6) is 0 Å². The summed E-state index contributed by atoms with van der Waals surface area (Å²) in [4.78, 5) is 23.8. The first-order valence-corrected chi connectivity index (χ1v) is 7.64. The molecule has 1 amide bonds. The SMILES string of the molecule is CC(=O)N1CCC(Nc2cc([N+](=O)[O-])c(C)cc2Br)CC1. The summed E-state index contributed by atoms with van der Waals surface area (Å²) in [5.74, 6) is 0.0978. The number of rotatable bonds is 3. The first-order valence-electron chi connectivity index (χ1n) is 6.85. The number of amides is 1. The van der Waals surface area contributed by atoms with E-state index < -0.39 is 0 Å². The van der Waals surface area contributed by atoms with Crippen molar-refractivity contribution in [2.24, 2.45) is 0 Å². The molecule has 1 aliphatic rings. The monoisotopic (exact) mass is 355 g/mol. The van der Waals surface area contributed by atoms with Crippen LogP contribution in [0.2, 0.25) is 0 Å². The lowest BCUT2D eigenvalue weighted by Crippen LogP contribution is -2.41. The minimum Gasteiger partial charge on any atom is -0.381 e. The lowest BCUT2D eigenvalue weighted by molar-refractivity contribution is -0.385. The van der Waals surface area contributed by atoms with Gasteiger partial charge in [0, 0.05) is 42.2 Å². The second-order valence-electron chi connectivity index (χ2n) is 5.30. The number of anilines is 1. The maximum absolute atomic E-state index is 11.3. The number of hydrogen-bond acceptors (Lipinski definition) is 4. The van der Waals surface area contributed by atoms with Gasteiger partial charge < -0.3 is 10.2 Å². The van der Waals surface area contributed by atoms with Gasteiger partial charge in [-0.2, -0.15) is 0 Å². The van der Waals surface area contributed by atoms with Crippen LogP contribution < -0.4 is 5.32 Å². The number of benzene rings is 1. The van der Waals surface area contributed by atoms with Gasteiger partial charge in [-0.3, -0.25) is 14.9 Å². The number of halogens is 1. The van der Waals surface area contributed by atoms with E-state index in [0.717, 1.165) is 36.1 Å². The van der Waals surface area contributed by atoms with Crippen LogP contribution in [0.15, 0.2) is 16.6 Å². The first-order chi connectivity index (χ1) is 9.88. The predicted molar refractivity (Wildman–Crippen MR) is 84.4 cm³/mol. The number of carbonyl (C=O) groups is 1. The smallest absolute Gasteiger partial charge is 0.274 e. The highest BCUT2D eigenvalue weighted by atomic mass is 79.9. The van der Waals surface area contributed by atoms with Crippen molar-refractivity contribution in [2.75, 3.05) is 18.4 Å². The molecule has 1 aromatic carbocycles. The number of hydrogen-bond donors (Lipinski definition) is 1. The zero-order chi connectivity index (χ0) is 15.6. The van der Waals surface area contributed by atoms with Crippen molar-refractivity contribution in [3.8, 4) is 0 Å². The molecule has 1 saturated heterocycles. The standard InChI is InChI=1S/C14H18BrN3O3/c1-9-7-12(15)13(8-14(9)18(20)21)16-11-3-5-17(6-4-11)10(2)19/h7-8,11,16H,3-6H2,1-2H3. The minimum absolute atomic E-state index is 0.0978. The molecule has 0 unspecified atom stereocenters. The third kappa shape index (κ3) is 3.72. The molecule has 1 fully saturated rings. The fraction of sp³-hybridized carbons (Fsp3) is 0.500. The summed E-state index contributed by atoms with van der Waals surface area (Å²) in [6.45, 7) is 4.74. The van der Waals surface area contributed by atoms with Crippen molar-refractivity contribution in [3.05, 3.63) is 32.3 Å². The molecule has 0 aromatic heterocycles. The van der Waals surface area contributed by atoms with Crippen molar-refractivity contribution in [1.29, 1.82) is 0 Å². The molecule has 21 heavy (non-hydrogen) atoms. The van der Waals surface area contributed by atoms with E-state index in [2.05, 4.69) is 21.2 Å². The quantitative estimate of drug-likeness (QED) is 0.667. The fourth-order valence-electron chi connectivity index (χ4n) is 2.53. The Kier molecular flexibility index (Phi) is 4.82. The van der Waals surface area contributed by atoms with E-state index in [1.165, 1.54) is 0 Å². The molecule has 0 aliphatic carbocycles. The van der Waals surface area contributed by atoms with Gasteiger partial charge in [-0.05, 0) is 41.8 Å². The van der Waals surface area contributed by atoms with Crippen molar-refractivity contribution in [3.63, 3.8) is 0 Å². The van der Waals surface area contributed by atoms with E-state index in [4.69, 9.17) is 0 Å². The maximum atomic E-state index is 11.3. The number of nitro benzene ring substituents is 1. The third-order valence-electron chi connectivity index (χ3n) is 3.78. The Labute approximate surface area is 131 Å². The van der Waals surface area contributed by atoms with Gasteiger partial charge in [0.2, 0.25) is 5.91 Å². The number of nitrogens with zero attached hydrogens (tertiary/aromatic N) is 2. The molecule has 1 aliphatic heterocycles. The molecule has 1 N–H and O–H groups in total. The molecule has 1 heterocycles. The van der Waals surface area contributed by atoms with E-state index >= 15 is 0 Å². The van der Waals surface area contributed by atoms with Crippen LogP contribution in [-0.2, 0) is 4.79 Å². The zero-order valence-corrected chi connectivity index (χ0v) is 13.6. The molecule has 2 rings (SSSR count). The molecule has 0 spiro atoms. The predicted octanol–water partition coefficient (Wildman–Crippen LogP) is 3.09. The van der Waals surface area contributed by atoms with Gasteiger partial charge in [0.05, 0.1) is 10.6 Å². The van der Waals surface area contributed by atoms with E-state index in [1.54, 1.807) is 26.0 Å². The van der Waals surface area contributed by atoms with E-state index in [9.17, 15) is 14.9 Å². The number of likely N-dealkylation sites (tertiary alicyclic amines) is 1. The van der Waals surface area contributed by atoms with Gasteiger partial charge in [-0.25, -0.2) is 0 Å². The van der Waals surface area contributed by atoms with Crippen LogP contribution in [-0.4, -0.2) is 34.9 Å². The Bertz CT molecular complexity index is 569. The number of carbonyl (C=O) groups excluding carboxylic acids is 1. The van der Waals surface area contributed by atoms with Crippen LogP contribution in [0.1, 0.15) is 25.3 Å². The normalized spacial score (nSPS) is 15.9. The van der Waals surface area contributed by atoms with E-state index in [0.29, 0.717) is 5.56 Å². The number of piperidine rings is 1. The molecule has 1 aromatic rings. The maximum Gasteiger partial charge on any atom is 0.274 e.